The van der Waals surface area contributed by atoms with Gasteiger partial charge in [-0.05, 0) is 87.3 Å². The van der Waals surface area contributed by atoms with Crippen molar-refractivity contribution < 1.29 is 42.2 Å². The molecular formula is C58H60F2N10O7. The number of terminal acetylenes is 1. The molecule has 0 saturated carbocycles. The summed E-state index contributed by atoms with van der Waals surface area (Å²) < 4.78 is 44.9. The van der Waals surface area contributed by atoms with E-state index in [2.05, 4.69) is 43.2 Å². The molecule has 17 nitrogen and oxygen atoms in total. The Morgan fingerprint density at radius 2 is 1.73 bits per heavy atom. The topological polar surface area (TPSA) is 192 Å². The van der Waals surface area contributed by atoms with E-state index in [1.165, 1.54) is 6.07 Å². The Balaban J connectivity index is 0.657. The fraction of sp³-hybridized carbons (Fsp3) is 0.448. The molecule has 3 unspecified atom stereocenters. The van der Waals surface area contributed by atoms with Gasteiger partial charge in [-0.2, -0.15) is 9.97 Å². The van der Waals surface area contributed by atoms with E-state index in [-0.39, 0.29) is 84.2 Å². The molecule has 2 bridgehead atoms. The van der Waals surface area contributed by atoms with Gasteiger partial charge in [-0.1, -0.05) is 61.2 Å². The molecule has 5 amide bonds. The molecule has 7 aliphatic rings. The number of aromatic nitrogens is 3. The van der Waals surface area contributed by atoms with Crippen molar-refractivity contribution in [2.45, 2.75) is 107 Å². The number of pyridine rings is 1. The van der Waals surface area contributed by atoms with Crippen LogP contribution in [0.25, 0.3) is 32.9 Å². The van der Waals surface area contributed by atoms with Crippen LogP contribution in [0.3, 0.4) is 0 Å². The van der Waals surface area contributed by atoms with Crippen molar-refractivity contribution in [3.8, 4) is 29.6 Å². The number of benzene rings is 3. The number of nitrogens with zero attached hydrogens (tertiary/aromatic N) is 7. The smallest absolute Gasteiger partial charge is 0.409 e. The third kappa shape index (κ3) is 9.28. The number of rotatable bonds is 14. The molecule has 3 aromatic carbocycles. The number of carbonyl (C=O) groups excluding carboxylic acids is 5. The molecule has 77 heavy (non-hydrogen) atoms. The summed E-state index contributed by atoms with van der Waals surface area (Å²) in [5, 5.41) is 10.7. The molecule has 7 aliphatic heterocycles. The van der Waals surface area contributed by atoms with Crippen LogP contribution in [0.1, 0.15) is 103 Å². The van der Waals surface area contributed by atoms with Gasteiger partial charge in [-0.25, -0.2) is 13.6 Å². The molecule has 12 rings (SSSR count). The molecular weight excluding hydrogens is 987 g/mol. The second-order valence-corrected chi connectivity index (χ2v) is 21.9. The number of ether oxygens (including phenoxy) is 2. The van der Waals surface area contributed by atoms with E-state index in [1.54, 1.807) is 53.6 Å². The molecule has 3 N–H and O–H groups in total. The highest BCUT2D eigenvalue weighted by Gasteiger charge is 2.52. The Morgan fingerprint density at radius 1 is 0.935 bits per heavy atom. The average Bonchev–Trinajstić information content (AvgIpc) is 4.26. The molecule has 6 fully saturated rings. The number of piperazine rings is 1. The minimum absolute atomic E-state index is 0.00483. The molecule has 19 heteroatoms. The van der Waals surface area contributed by atoms with E-state index in [4.69, 9.17) is 25.9 Å². The van der Waals surface area contributed by atoms with Gasteiger partial charge in [0.05, 0.1) is 27.6 Å². The number of piperidine rings is 2. The van der Waals surface area contributed by atoms with Crippen LogP contribution >= 0.6 is 0 Å². The molecule has 0 aliphatic carbocycles. The molecule has 5 aromatic rings. The van der Waals surface area contributed by atoms with Crippen molar-refractivity contribution in [1.82, 2.24) is 40.3 Å². The van der Waals surface area contributed by atoms with Gasteiger partial charge in [0.2, 0.25) is 11.8 Å². The lowest BCUT2D eigenvalue weighted by Crippen LogP contribution is -2.54. The van der Waals surface area contributed by atoms with Crippen LogP contribution in [0, 0.1) is 29.9 Å². The van der Waals surface area contributed by atoms with Gasteiger partial charge in [0.25, 0.3) is 11.8 Å². The number of likely N-dealkylation sites (tertiary alicyclic amines) is 1. The number of anilines is 2. The van der Waals surface area contributed by atoms with E-state index in [9.17, 15) is 24.0 Å². The largest absolute Gasteiger partial charge is 0.461 e. The zero-order chi connectivity index (χ0) is 53.1. The van der Waals surface area contributed by atoms with Gasteiger partial charge >= 0.3 is 12.1 Å². The van der Waals surface area contributed by atoms with Crippen LogP contribution in [-0.4, -0.2) is 142 Å². The number of amides is 5. The standard InChI is InChI=1S/C58H60F2N10O7/c1-3-39-43(59)16-13-35-9-6-10-40(47(35)39)50-49(60)51-42(27-62-50)52(68-29-36-14-15-37(30-68)63-36)66-56(65-51)77-32-58-22-19-38(69(58)28-33(2)26-58)31-76-57(75)67-24-20-34(21-25-67)8-4-5-23-61-44-12-7-11-41-48(44)55(74)70(54(41)73)45-17-18-46(71)64-53(45)72/h1,6-7,9-13,16,27,34,36-38,45,61,63H,2,4-5,8,14-15,17-26,28-32H2,(H,64,71,72)/t36?,37?,38-,45?,58-/m0/s1. The van der Waals surface area contributed by atoms with E-state index in [0.29, 0.717) is 84.8 Å². The Kier molecular flexibility index (Phi) is 13.3. The van der Waals surface area contributed by atoms with Gasteiger partial charge in [-0.15, -0.1) is 6.42 Å². The Bertz CT molecular complexity index is 3310. The van der Waals surface area contributed by atoms with Gasteiger partial charge in [0.1, 0.15) is 42.1 Å². The second-order valence-electron chi connectivity index (χ2n) is 21.9. The van der Waals surface area contributed by atoms with Gasteiger partial charge in [-0.3, -0.25) is 39.3 Å². The van der Waals surface area contributed by atoms with Gasteiger partial charge < -0.3 is 29.9 Å². The van der Waals surface area contributed by atoms with Crippen molar-refractivity contribution in [3.05, 3.63) is 95.2 Å². The number of carbonyl (C=O) groups is 5. The summed E-state index contributed by atoms with van der Waals surface area (Å²) in [5.41, 5.74) is 2.06. The predicted molar refractivity (Wildman–Crippen MR) is 283 cm³/mol. The number of fused-ring (bicyclic) bond motifs is 6. The molecule has 2 aromatic heterocycles. The monoisotopic (exact) mass is 1050 g/mol. The van der Waals surface area contributed by atoms with Crippen molar-refractivity contribution in [3.63, 3.8) is 0 Å². The molecule has 6 saturated heterocycles. The number of hydrogen-bond acceptors (Lipinski definition) is 14. The maximum absolute atomic E-state index is 17.2. The summed E-state index contributed by atoms with van der Waals surface area (Å²) in [6.45, 7) is 8.59. The molecule has 0 spiro atoms. The van der Waals surface area contributed by atoms with Gasteiger partial charge in [0, 0.05) is 86.6 Å². The maximum atomic E-state index is 17.2. The van der Waals surface area contributed by atoms with Crippen molar-refractivity contribution in [2.75, 3.05) is 62.7 Å². The lowest BCUT2D eigenvalue weighted by atomic mass is 9.92. The fourth-order valence-corrected chi connectivity index (χ4v) is 13.2. The summed E-state index contributed by atoms with van der Waals surface area (Å²) in [5.74, 6) is 0.0666. The zero-order valence-electron chi connectivity index (χ0n) is 42.8. The van der Waals surface area contributed by atoms with Gasteiger partial charge in [0.15, 0.2) is 5.82 Å². The zero-order valence-corrected chi connectivity index (χ0v) is 42.8. The lowest BCUT2D eigenvalue weighted by Gasteiger charge is -2.35. The first-order chi connectivity index (χ1) is 37.4. The normalized spacial score (nSPS) is 24.4. The highest BCUT2D eigenvalue weighted by Crippen LogP contribution is 2.45. The summed E-state index contributed by atoms with van der Waals surface area (Å²) in [7, 11) is 0. The molecule has 398 valence electrons. The first-order valence-corrected chi connectivity index (χ1v) is 27.0. The third-order valence-corrected chi connectivity index (χ3v) is 17.1. The van der Waals surface area contributed by atoms with Crippen LogP contribution in [-0.2, 0) is 14.3 Å². The minimum Gasteiger partial charge on any atom is -0.461 e. The number of nitrogens with one attached hydrogen (secondary N) is 3. The first-order valence-electron chi connectivity index (χ1n) is 27.0. The molecule has 5 atom stereocenters. The quantitative estimate of drug-likeness (QED) is 0.0441. The van der Waals surface area contributed by atoms with Crippen LogP contribution in [0.15, 0.2) is 66.9 Å². The fourth-order valence-electron chi connectivity index (χ4n) is 13.2. The van der Waals surface area contributed by atoms with Crippen LogP contribution in [0.4, 0.5) is 25.1 Å². The average molecular weight is 1050 g/mol. The van der Waals surface area contributed by atoms with Crippen molar-refractivity contribution >= 4 is 62.9 Å². The van der Waals surface area contributed by atoms with E-state index in [0.717, 1.165) is 68.3 Å². The minimum atomic E-state index is -1.02. The van der Waals surface area contributed by atoms with Crippen LogP contribution in [0.2, 0.25) is 0 Å². The van der Waals surface area contributed by atoms with E-state index >= 15 is 8.78 Å². The number of halogens is 2. The Morgan fingerprint density at radius 3 is 2.52 bits per heavy atom. The molecule has 0 radical (unpaired) electrons. The number of imide groups is 2. The second kappa shape index (κ2) is 20.4. The molecule has 9 heterocycles. The van der Waals surface area contributed by atoms with E-state index < -0.39 is 46.8 Å². The van der Waals surface area contributed by atoms with Crippen molar-refractivity contribution in [1.29, 1.82) is 0 Å². The Hall–Kier alpha value is -7.56. The predicted octanol–water partition coefficient (Wildman–Crippen LogP) is 7.12. The number of hydrogen-bond donors (Lipinski definition) is 3. The Labute approximate surface area is 444 Å². The SMILES string of the molecule is C#Cc1c(F)ccc2cccc(-c3ncc4c(N5CC6CCC(C5)N6)nc(OC[C@@]56CC[C@@H](COC(=O)N7CCC(CCCCNc8cccc9c8C(=O)N(C8CCC(=O)NC8=O)C9=O)CC7)N5CC(=C)C6)nc4c3F)c12. The summed E-state index contributed by atoms with van der Waals surface area (Å²) >= 11 is 0. The highest BCUT2D eigenvalue weighted by molar-refractivity contribution is 6.25. The van der Waals surface area contributed by atoms with Crippen LogP contribution in [0.5, 0.6) is 6.01 Å². The third-order valence-electron chi connectivity index (χ3n) is 17.1. The van der Waals surface area contributed by atoms with E-state index in [1.807, 2.05) is 0 Å². The lowest BCUT2D eigenvalue weighted by molar-refractivity contribution is -0.136. The highest BCUT2D eigenvalue weighted by atomic mass is 19.1. The van der Waals surface area contributed by atoms with Crippen molar-refractivity contribution in [2.24, 2.45) is 5.92 Å². The summed E-state index contributed by atoms with van der Waals surface area (Å²) in [6.07, 6.45) is 16.0. The first kappa shape index (κ1) is 50.3. The summed E-state index contributed by atoms with van der Waals surface area (Å²) in [6, 6.07) is 12.8. The summed E-state index contributed by atoms with van der Waals surface area (Å²) in [4.78, 5) is 86.1. The van der Waals surface area contributed by atoms with Crippen LogP contribution < -0.4 is 25.6 Å². The number of unbranched alkanes of at least 4 members (excludes halogenated alkanes) is 1. The maximum Gasteiger partial charge on any atom is 0.409 e.